The Morgan fingerprint density at radius 3 is 1.32 bits per heavy atom. The van der Waals surface area contributed by atoms with Crippen molar-refractivity contribution < 1.29 is 18.1 Å². The molecule has 0 spiro atoms. The zero-order valence-electron chi connectivity index (χ0n) is 23.6. The molecule has 0 amide bonds. The Hall–Kier alpha value is -4.18. The van der Waals surface area contributed by atoms with Gasteiger partial charge in [-0.15, -0.1) is 0 Å². The third-order valence-electron chi connectivity index (χ3n) is 9.16. The molecule has 8 heteroatoms. The lowest BCUT2D eigenvalue weighted by atomic mass is 10.1. The van der Waals surface area contributed by atoms with Crippen LogP contribution in [0.1, 0.15) is 0 Å². The van der Waals surface area contributed by atoms with Crippen LogP contribution >= 0.6 is 15.7 Å². The van der Waals surface area contributed by atoms with Crippen molar-refractivity contribution in [2.24, 2.45) is 0 Å². The number of para-hydroxylation sites is 4. The van der Waals surface area contributed by atoms with Crippen LogP contribution in [0.15, 0.2) is 146 Å². The normalized spacial score (nSPS) is 31.1. The van der Waals surface area contributed by atoms with Crippen molar-refractivity contribution in [1.29, 1.82) is 0 Å². The quantitative estimate of drug-likeness (QED) is 0.220. The predicted octanol–water partition coefficient (Wildman–Crippen LogP) is 7.71. The minimum absolute atomic E-state index is 0.0345. The highest BCUT2D eigenvalue weighted by Gasteiger charge is 2.70. The first-order valence-electron chi connectivity index (χ1n) is 15.0. The molecule has 4 heterocycles. The third-order valence-corrected chi connectivity index (χ3v) is 15.1. The molecule has 6 aliphatic rings. The highest BCUT2D eigenvalue weighted by Crippen LogP contribution is 2.77. The maximum absolute atomic E-state index is 6.81. The molecule has 6 unspecified atom stereocenters. The zero-order chi connectivity index (χ0) is 28.9. The Morgan fingerprint density at radius 1 is 0.455 bits per heavy atom. The molecule has 4 aromatic carbocycles. The molecule has 6 atom stereocenters. The lowest BCUT2D eigenvalue weighted by Crippen LogP contribution is -2.33. The Bertz CT molecular complexity index is 1800. The van der Waals surface area contributed by atoms with Gasteiger partial charge in [-0.05, 0) is 71.8 Å². The first-order chi connectivity index (χ1) is 21.7. The van der Waals surface area contributed by atoms with Crippen molar-refractivity contribution in [3.63, 3.8) is 0 Å². The van der Waals surface area contributed by atoms with Crippen LogP contribution in [0.4, 0.5) is 11.4 Å². The van der Waals surface area contributed by atoms with Crippen LogP contribution in [-0.4, -0.2) is 24.3 Å². The van der Waals surface area contributed by atoms with Gasteiger partial charge >= 0.3 is 15.7 Å². The molecule has 2 fully saturated rings. The number of hydrogen-bond acceptors (Lipinski definition) is 6. The number of benzene rings is 4. The largest absolute Gasteiger partial charge is 0.455 e. The van der Waals surface area contributed by atoms with Crippen molar-refractivity contribution in [2.45, 2.75) is 24.3 Å². The SMILES string of the molecule is C1=CC2O[P+]3(c4ccc(-c5ccc([P+]67Oc8ccccc8N6C6C=CC=CC6O7)cc5)cc4)Oc4ccccc4N3C2C=C1. The van der Waals surface area contributed by atoms with E-state index in [0.29, 0.717) is 0 Å². The smallest absolute Gasteiger partial charge is 0.286 e. The summed E-state index contributed by atoms with van der Waals surface area (Å²) >= 11 is 0. The summed E-state index contributed by atoms with van der Waals surface area (Å²) in [5, 5.41) is 2.15. The Kier molecular flexibility index (Phi) is 5.25. The summed E-state index contributed by atoms with van der Waals surface area (Å²) in [5.41, 5.74) is 4.46. The van der Waals surface area contributed by atoms with Gasteiger partial charge in [-0.2, -0.15) is 18.4 Å². The number of hydrogen-bond donors (Lipinski definition) is 0. The van der Waals surface area contributed by atoms with Gasteiger partial charge in [0.1, 0.15) is 23.5 Å². The average Bonchev–Trinajstić information content (AvgIpc) is 3.78. The van der Waals surface area contributed by atoms with Gasteiger partial charge in [0.05, 0.1) is 0 Å². The van der Waals surface area contributed by atoms with Crippen molar-refractivity contribution in [1.82, 2.24) is 0 Å². The van der Waals surface area contributed by atoms with Gasteiger partial charge in [-0.25, -0.2) is 0 Å². The van der Waals surface area contributed by atoms with Crippen LogP contribution < -0.4 is 29.0 Å². The summed E-state index contributed by atoms with van der Waals surface area (Å²) in [5.74, 6) is 1.77. The fourth-order valence-corrected chi connectivity index (χ4v) is 13.6. The summed E-state index contributed by atoms with van der Waals surface area (Å²) in [7, 11) is -5.10. The van der Waals surface area contributed by atoms with E-state index in [2.05, 4.69) is 131 Å². The van der Waals surface area contributed by atoms with E-state index >= 15 is 0 Å². The molecule has 214 valence electrons. The number of rotatable bonds is 3. The summed E-state index contributed by atoms with van der Waals surface area (Å²) in [6.07, 6.45) is 17.0. The summed E-state index contributed by atoms with van der Waals surface area (Å²) in [4.78, 5) is 0. The molecule has 0 saturated carbocycles. The maximum Gasteiger partial charge on any atom is 0.455 e. The highest BCUT2D eigenvalue weighted by molar-refractivity contribution is 7.77. The number of anilines is 2. The van der Waals surface area contributed by atoms with E-state index in [1.165, 1.54) is 0 Å². The fourth-order valence-electron chi connectivity index (χ4n) is 7.18. The Labute approximate surface area is 257 Å². The molecule has 0 radical (unpaired) electrons. The topological polar surface area (TPSA) is 43.4 Å². The summed E-state index contributed by atoms with van der Waals surface area (Å²) in [6, 6.07) is 34.2. The predicted molar refractivity (Wildman–Crippen MR) is 178 cm³/mol. The van der Waals surface area contributed by atoms with Crippen LogP contribution in [0, 0.1) is 0 Å². The van der Waals surface area contributed by atoms with Gasteiger partial charge < -0.3 is 0 Å². The van der Waals surface area contributed by atoms with Gasteiger partial charge in [0.2, 0.25) is 11.5 Å². The monoisotopic (exact) mass is 614 g/mol. The number of nitrogens with zero attached hydrogens (tertiary/aromatic N) is 2. The van der Waals surface area contributed by atoms with Gasteiger partial charge in [0.25, 0.3) is 0 Å². The molecule has 2 aliphatic carbocycles. The van der Waals surface area contributed by atoms with Crippen molar-refractivity contribution >= 4 is 37.7 Å². The van der Waals surface area contributed by atoms with Gasteiger partial charge in [0.15, 0.2) is 22.8 Å². The second-order valence-electron chi connectivity index (χ2n) is 11.6. The number of allylic oxidation sites excluding steroid dienone is 4. The van der Waals surface area contributed by atoms with E-state index in [9.17, 15) is 0 Å². The molecule has 4 aromatic rings. The molecular formula is C36H28N2O4P2+2. The van der Waals surface area contributed by atoms with E-state index in [4.69, 9.17) is 18.1 Å². The summed E-state index contributed by atoms with van der Waals surface area (Å²) in [6.45, 7) is 0. The molecule has 4 aliphatic heterocycles. The van der Waals surface area contributed by atoms with Crippen LogP contribution in [0.3, 0.4) is 0 Å². The van der Waals surface area contributed by atoms with Crippen LogP contribution in [0.25, 0.3) is 11.1 Å². The zero-order valence-corrected chi connectivity index (χ0v) is 25.4. The van der Waals surface area contributed by atoms with Crippen molar-refractivity contribution in [3.05, 3.63) is 146 Å². The maximum atomic E-state index is 6.81. The van der Waals surface area contributed by atoms with Gasteiger partial charge in [-0.1, -0.05) is 85.0 Å². The fraction of sp³-hybridized carbons (Fsp3) is 0.111. The molecule has 2 saturated heterocycles. The minimum Gasteiger partial charge on any atom is -0.286 e. The second-order valence-corrected chi connectivity index (χ2v) is 16.4. The Morgan fingerprint density at radius 2 is 0.864 bits per heavy atom. The van der Waals surface area contributed by atoms with E-state index in [1.807, 2.05) is 24.3 Å². The molecule has 0 bridgehead atoms. The number of fused-ring (bicyclic) bond motifs is 10. The molecule has 10 rings (SSSR count). The Balaban J connectivity index is 0.984. The molecule has 6 nitrogen and oxygen atoms in total. The van der Waals surface area contributed by atoms with Gasteiger partial charge in [0, 0.05) is 0 Å². The highest BCUT2D eigenvalue weighted by atomic mass is 31.2. The molecule has 0 aromatic heterocycles. The molecule has 0 N–H and O–H groups in total. The van der Waals surface area contributed by atoms with E-state index in [-0.39, 0.29) is 24.3 Å². The standard InChI is InChI=1S/C36H28N2O4P2/c1-5-13-33-29(9-1)37-30-10-2-6-14-34(30)40-43(37,39-33)27-21-17-25(18-22-27)26-19-23-28(24-20-26)44-38(31-11-3-7-15-35(31)41-44)32-12-4-8-16-36(32)42-44/h1-24,29,31,33,35H/q+2. The van der Waals surface area contributed by atoms with Crippen molar-refractivity contribution in [2.75, 3.05) is 9.34 Å². The summed E-state index contributed by atoms with van der Waals surface area (Å²) < 4.78 is 31.8. The van der Waals surface area contributed by atoms with E-state index in [1.54, 1.807) is 0 Å². The van der Waals surface area contributed by atoms with Crippen molar-refractivity contribution in [3.8, 4) is 22.6 Å². The third kappa shape index (κ3) is 3.34. The minimum atomic E-state index is -2.55. The first kappa shape index (κ1) is 25.2. The van der Waals surface area contributed by atoms with E-state index in [0.717, 1.165) is 44.6 Å². The van der Waals surface area contributed by atoms with Crippen LogP contribution in [0.2, 0.25) is 0 Å². The average molecular weight is 615 g/mol. The molecule has 44 heavy (non-hydrogen) atoms. The lowest BCUT2D eigenvalue weighted by molar-refractivity contribution is 0.266. The van der Waals surface area contributed by atoms with Crippen LogP contribution in [0.5, 0.6) is 11.5 Å². The lowest BCUT2D eigenvalue weighted by Gasteiger charge is -2.22. The van der Waals surface area contributed by atoms with Crippen LogP contribution in [-0.2, 0) is 9.05 Å². The first-order valence-corrected chi connectivity index (χ1v) is 18.1. The second kappa shape index (κ2) is 9.17. The van der Waals surface area contributed by atoms with E-state index < -0.39 is 15.7 Å². The van der Waals surface area contributed by atoms with Gasteiger partial charge in [-0.3, -0.25) is 9.05 Å². The molecular weight excluding hydrogens is 586 g/mol.